The summed E-state index contributed by atoms with van der Waals surface area (Å²) in [6.07, 6.45) is 10.3. The molecule has 2 aliphatic heterocycles. The molecule has 0 saturated carbocycles. The molecule has 3 aromatic carbocycles. The predicted octanol–water partition coefficient (Wildman–Crippen LogP) is 9.23. The monoisotopic (exact) mass is 754 g/mol. The van der Waals surface area contributed by atoms with Crippen LogP contribution < -0.4 is 9.47 Å². The van der Waals surface area contributed by atoms with Gasteiger partial charge in [-0.1, -0.05) is 66.6 Å². The second-order valence-electron chi connectivity index (χ2n) is 14.2. The minimum absolute atomic E-state index is 0.0655. The Hall–Kier alpha value is -4.82. The van der Waals surface area contributed by atoms with Gasteiger partial charge < -0.3 is 14.6 Å². The van der Waals surface area contributed by atoms with E-state index in [0.717, 1.165) is 57.3 Å². The third-order valence-corrected chi connectivity index (χ3v) is 10.7. The number of carboxylic acid groups (broad SMARTS) is 1. The topological polar surface area (TPSA) is 98.9 Å². The van der Waals surface area contributed by atoms with Crippen LogP contribution in [0.15, 0.2) is 73.1 Å². The van der Waals surface area contributed by atoms with Crippen molar-refractivity contribution in [1.29, 1.82) is 5.26 Å². The Morgan fingerprint density at radius 3 is 2.56 bits per heavy atom. The molecule has 6 rings (SSSR count). The van der Waals surface area contributed by atoms with E-state index in [4.69, 9.17) is 21.1 Å². The summed E-state index contributed by atoms with van der Waals surface area (Å²) in [5, 5.41) is 19.6. The van der Waals surface area contributed by atoms with Crippen molar-refractivity contribution in [2.75, 3.05) is 26.2 Å². The van der Waals surface area contributed by atoms with Crippen molar-refractivity contribution in [1.82, 2.24) is 14.8 Å². The first-order valence-electron chi connectivity index (χ1n) is 18.4. The van der Waals surface area contributed by atoms with Crippen LogP contribution in [0.1, 0.15) is 71.0 Å². The Morgan fingerprint density at radius 1 is 1.02 bits per heavy atom. The second-order valence-corrected chi connectivity index (χ2v) is 14.6. The van der Waals surface area contributed by atoms with Crippen LogP contribution in [0.4, 0.5) is 8.78 Å². The number of ether oxygens (including phenoxy) is 2. The number of halogens is 3. The molecule has 0 spiro atoms. The molecule has 2 saturated heterocycles. The number of aromatic nitrogens is 1. The van der Waals surface area contributed by atoms with Gasteiger partial charge in [0, 0.05) is 55.6 Å². The summed E-state index contributed by atoms with van der Waals surface area (Å²) < 4.78 is 39.8. The van der Waals surface area contributed by atoms with Crippen molar-refractivity contribution >= 4 is 23.6 Å². The predicted molar refractivity (Wildman–Crippen MR) is 206 cm³/mol. The smallest absolute Gasteiger partial charge is 0.320 e. The van der Waals surface area contributed by atoms with Crippen molar-refractivity contribution in [2.45, 2.75) is 77.7 Å². The summed E-state index contributed by atoms with van der Waals surface area (Å²) in [4.78, 5) is 20.0. The highest BCUT2D eigenvalue weighted by Gasteiger charge is 2.37. The first-order valence-corrected chi connectivity index (χ1v) is 18.7. The lowest BCUT2D eigenvalue weighted by atomic mass is 9.91. The molecule has 0 amide bonds. The molecule has 0 bridgehead atoms. The van der Waals surface area contributed by atoms with E-state index in [1.165, 1.54) is 6.20 Å². The SMILES string of the molecule is Cc1c(C=CCCN2CCC(F)(F)C2)cccc1-c1cccc(COc2cc(OCc3cncc(C#N)c3)c(CN3CCCCC3C(=O)O)cc2Cl)c1C. The van der Waals surface area contributed by atoms with Crippen molar-refractivity contribution in [2.24, 2.45) is 0 Å². The van der Waals surface area contributed by atoms with Crippen LogP contribution in [0.25, 0.3) is 17.2 Å². The number of carboxylic acids is 1. The van der Waals surface area contributed by atoms with Crippen molar-refractivity contribution in [3.05, 3.63) is 117 Å². The van der Waals surface area contributed by atoms with Gasteiger partial charge in [0.05, 0.1) is 17.1 Å². The maximum atomic E-state index is 13.6. The largest absolute Gasteiger partial charge is 0.488 e. The molecule has 4 aromatic rings. The molecule has 8 nitrogen and oxygen atoms in total. The molecule has 0 aliphatic carbocycles. The van der Waals surface area contributed by atoms with Gasteiger partial charge in [0.2, 0.25) is 0 Å². The summed E-state index contributed by atoms with van der Waals surface area (Å²) in [5.41, 5.74) is 8.31. The molecule has 11 heteroatoms. The van der Waals surface area contributed by atoms with Crippen molar-refractivity contribution in [3.63, 3.8) is 0 Å². The molecule has 3 heterocycles. The number of hydrogen-bond acceptors (Lipinski definition) is 7. The summed E-state index contributed by atoms with van der Waals surface area (Å²) in [7, 11) is 0. The van der Waals surface area contributed by atoms with Gasteiger partial charge in [0.25, 0.3) is 5.92 Å². The molecule has 2 fully saturated rings. The lowest BCUT2D eigenvalue weighted by Crippen LogP contribution is -2.44. The van der Waals surface area contributed by atoms with Crippen LogP contribution in [-0.4, -0.2) is 64.0 Å². The number of carbonyl (C=O) groups is 1. The fraction of sp³-hybridized carbons (Fsp3) is 0.372. The molecule has 1 atom stereocenters. The third kappa shape index (κ3) is 9.64. The maximum absolute atomic E-state index is 13.6. The number of aliphatic carboxylic acids is 1. The van der Waals surface area contributed by atoms with E-state index in [2.05, 4.69) is 55.3 Å². The number of rotatable bonds is 14. The van der Waals surface area contributed by atoms with Crippen molar-refractivity contribution in [3.8, 4) is 28.7 Å². The molecule has 54 heavy (non-hydrogen) atoms. The van der Waals surface area contributed by atoms with Gasteiger partial charge in [-0.3, -0.25) is 19.6 Å². The van der Waals surface area contributed by atoms with E-state index < -0.39 is 17.9 Å². The highest BCUT2D eigenvalue weighted by atomic mass is 35.5. The Morgan fingerprint density at radius 2 is 1.80 bits per heavy atom. The van der Waals surface area contributed by atoms with E-state index in [9.17, 15) is 23.9 Å². The first-order chi connectivity index (χ1) is 26.0. The average Bonchev–Trinajstić information content (AvgIpc) is 3.51. The first kappa shape index (κ1) is 38.9. The van der Waals surface area contributed by atoms with Crippen LogP contribution in [0.5, 0.6) is 11.5 Å². The molecule has 1 N–H and O–H groups in total. The van der Waals surface area contributed by atoms with Gasteiger partial charge in [0.15, 0.2) is 0 Å². The summed E-state index contributed by atoms with van der Waals surface area (Å²) in [5.74, 6) is -2.48. The standard InChI is InChI=1S/C43H45ClF2N4O4/c1-29-33(9-3-5-16-49-18-15-43(45,46)28-49)10-7-12-36(29)37-13-8-11-34(30(37)2)27-54-41-21-40(53-26-32-19-31(22-47)23-48-24-32)35(20-38(41)44)25-50-17-6-4-14-39(50)42(51)52/h3,7-13,19-21,23-24,39H,4-6,14-18,25-28H2,1-2H3,(H,51,52). The minimum atomic E-state index is -2.58. The average molecular weight is 755 g/mol. The summed E-state index contributed by atoms with van der Waals surface area (Å²) in [6, 6.07) is 19.1. The molecule has 2 aliphatic rings. The molecule has 282 valence electrons. The highest BCUT2D eigenvalue weighted by Crippen LogP contribution is 2.37. The van der Waals surface area contributed by atoms with E-state index in [1.807, 2.05) is 28.0 Å². The summed E-state index contributed by atoms with van der Waals surface area (Å²) >= 11 is 6.84. The fourth-order valence-electron chi connectivity index (χ4n) is 7.29. The Kier molecular flexibility index (Phi) is 12.6. The zero-order chi connectivity index (χ0) is 38.2. The van der Waals surface area contributed by atoms with E-state index in [0.29, 0.717) is 61.1 Å². The van der Waals surface area contributed by atoms with E-state index in [-0.39, 0.29) is 26.2 Å². The zero-order valence-corrected chi connectivity index (χ0v) is 31.4. The quantitative estimate of drug-likeness (QED) is 0.136. The van der Waals surface area contributed by atoms with Crippen LogP contribution in [-0.2, 0) is 24.6 Å². The van der Waals surface area contributed by atoms with Crippen molar-refractivity contribution < 1.29 is 28.2 Å². The van der Waals surface area contributed by atoms with E-state index >= 15 is 0 Å². The minimum Gasteiger partial charge on any atom is -0.488 e. The number of likely N-dealkylation sites (tertiary alicyclic amines) is 2. The van der Waals surface area contributed by atoms with Crippen LogP contribution in [0, 0.1) is 25.2 Å². The van der Waals surface area contributed by atoms with Crippen LogP contribution in [0.2, 0.25) is 5.02 Å². The number of alkyl halides is 2. The molecular formula is C43H45ClF2N4O4. The molecule has 1 unspecified atom stereocenters. The van der Waals surface area contributed by atoms with Crippen LogP contribution in [0.3, 0.4) is 0 Å². The number of piperidine rings is 1. The Balaban J connectivity index is 1.19. The maximum Gasteiger partial charge on any atom is 0.320 e. The van der Waals surface area contributed by atoms with Gasteiger partial charge in [-0.2, -0.15) is 5.26 Å². The zero-order valence-electron chi connectivity index (χ0n) is 30.7. The molecule has 0 radical (unpaired) electrons. The van der Waals surface area contributed by atoms with Crippen LogP contribution >= 0.6 is 11.6 Å². The Bertz CT molecular complexity index is 2050. The third-order valence-electron chi connectivity index (χ3n) is 10.4. The normalized spacial score (nSPS) is 17.4. The lowest BCUT2D eigenvalue weighted by molar-refractivity contribution is -0.144. The van der Waals surface area contributed by atoms with Gasteiger partial charge in [-0.05, 0) is 85.2 Å². The van der Waals surface area contributed by atoms with Gasteiger partial charge >= 0.3 is 5.97 Å². The molecule has 1 aromatic heterocycles. The second kappa shape index (κ2) is 17.5. The van der Waals surface area contributed by atoms with Gasteiger partial charge in [-0.15, -0.1) is 0 Å². The molecular weight excluding hydrogens is 710 g/mol. The number of nitriles is 1. The summed E-state index contributed by atoms with van der Waals surface area (Å²) in [6.45, 7) is 6.44. The Labute approximate surface area is 320 Å². The highest BCUT2D eigenvalue weighted by molar-refractivity contribution is 6.32. The number of hydrogen-bond donors (Lipinski definition) is 1. The number of pyridine rings is 1. The van der Waals surface area contributed by atoms with Gasteiger partial charge in [0.1, 0.15) is 36.8 Å². The number of benzene rings is 3. The van der Waals surface area contributed by atoms with Gasteiger partial charge in [-0.25, -0.2) is 8.78 Å². The lowest BCUT2D eigenvalue weighted by Gasteiger charge is -2.33. The number of nitrogens with zero attached hydrogens (tertiary/aromatic N) is 4. The van der Waals surface area contributed by atoms with E-state index in [1.54, 1.807) is 24.4 Å². The fourth-order valence-corrected chi connectivity index (χ4v) is 7.53.